The molecule has 0 aromatic heterocycles. The number of hydrogen-bond acceptors (Lipinski definition) is 4. The molecular formula is C16H31N3O. The second-order valence-corrected chi connectivity index (χ2v) is 6.90. The second kappa shape index (κ2) is 6.73. The van der Waals surface area contributed by atoms with Gasteiger partial charge in [0.2, 0.25) is 0 Å². The maximum Gasteiger partial charge on any atom is 0.0594 e. The van der Waals surface area contributed by atoms with Crippen molar-refractivity contribution in [3.8, 4) is 0 Å². The molecule has 4 atom stereocenters. The Hall–Kier alpha value is -0.160. The lowest BCUT2D eigenvalue weighted by Crippen LogP contribution is -2.52. The maximum atomic E-state index is 6.42. The summed E-state index contributed by atoms with van der Waals surface area (Å²) in [5, 5.41) is 0. The molecule has 0 amide bonds. The molecule has 2 saturated heterocycles. The van der Waals surface area contributed by atoms with Crippen LogP contribution >= 0.6 is 0 Å². The van der Waals surface area contributed by atoms with Crippen molar-refractivity contribution in [1.82, 2.24) is 9.80 Å². The van der Waals surface area contributed by atoms with Crippen molar-refractivity contribution in [3.63, 3.8) is 0 Å². The number of rotatable bonds is 3. The summed E-state index contributed by atoms with van der Waals surface area (Å²) in [4.78, 5) is 5.34. The van der Waals surface area contributed by atoms with E-state index in [0.29, 0.717) is 12.1 Å². The van der Waals surface area contributed by atoms with Crippen LogP contribution in [-0.4, -0.2) is 67.3 Å². The van der Waals surface area contributed by atoms with Crippen molar-refractivity contribution in [1.29, 1.82) is 0 Å². The van der Waals surface area contributed by atoms with Gasteiger partial charge >= 0.3 is 0 Å². The highest BCUT2D eigenvalue weighted by atomic mass is 16.5. The molecule has 1 aliphatic carbocycles. The van der Waals surface area contributed by atoms with Crippen molar-refractivity contribution in [2.75, 3.05) is 39.4 Å². The van der Waals surface area contributed by atoms with Gasteiger partial charge in [-0.1, -0.05) is 13.3 Å². The van der Waals surface area contributed by atoms with Crippen molar-refractivity contribution in [2.45, 2.75) is 57.2 Å². The van der Waals surface area contributed by atoms with Crippen molar-refractivity contribution in [2.24, 2.45) is 11.7 Å². The first kappa shape index (κ1) is 14.8. The number of morpholine rings is 1. The van der Waals surface area contributed by atoms with Crippen LogP contribution in [0.5, 0.6) is 0 Å². The Morgan fingerprint density at radius 1 is 1.05 bits per heavy atom. The van der Waals surface area contributed by atoms with Gasteiger partial charge in [-0.15, -0.1) is 0 Å². The van der Waals surface area contributed by atoms with Gasteiger partial charge in [0.15, 0.2) is 0 Å². The number of nitrogens with two attached hydrogens (primary N) is 1. The molecule has 0 radical (unpaired) electrons. The Kier molecular flexibility index (Phi) is 4.97. The first-order chi connectivity index (χ1) is 9.78. The molecular weight excluding hydrogens is 250 g/mol. The lowest BCUT2D eigenvalue weighted by Gasteiger charge is -2.40. The average Bonchev–Trinajstić information content (AvgIpc) is 2.98. The Balaban J connectivity index is 1.55. The lowest BCUT2D eigenvalue weighted by molar-refractivity contribution is 0.0162. The summed E-state index contributed by atoms with van der Waals surface area (Å²) in [6.45, 7) is 8.87. The van der Waals surface area contributed by atoms with Crippen molar-refractivity contribution >= 4 is 0 Å². The van der Waals surface area contributed by atoms with Gasteiger partial charge in [-0.25, -0.2) is 0 Å². The Labute approximate surface area is 123 Å². The van der Waals surface area contributed by atoms with Crippen LogP contribution in [0.25, 0.3) is 0 Å². The highest BCUT2D eigenvalue weighted by Gasteiger charge is 2.37. The maximum absolute atomic E-state index is 6.42. The minimum absolute atomic E-state index is 0.404. The monoisotopic (exact) mass is 281 g/mol. The summed E-state index contributed by atoms with van der Waals surface area (Å²) in [6.07, 6.45) is 6.54. The van der Waals surface area contributed by atoms with E-state index in [1.807, 2.05) is 0 Å². The molecule has 0 spiro atoms. The minimum atomic E-state index is 0.404. The van der Waals surface area contributed by atoms with Crippen LogP contribution in [0, 0.1) is 5.92 Å². The van der Waals surface area contributed by atoms with Crippen LogP contribution in [-0.2, 0) is 4.74 Å². The first-order valence-corrected chi connectivity index (χ1v) is 8.59. The molecule has 116 valence electrons. The predicted octanol–water partition coefficient (Wildman–Crippen LogP) is 1.30. The number of likely N-dealkylation sites (tertiary alicyclic amines) is 1. The molecule has 4 heteroatoms. The summed E-state index contributed by atoms with van der Waals surface area (Å²) >= 11 is 0. The Bertz CT molecular complexity index is 306. The minimum Gasteiger partial charge on any atom is -0.379 e. The third-order valence-corrected chi connectivity index (χ3v) is 5.78. The van der Waals surface area contributed by atoms with Gasteiger partial charge in [0.05, 0.1) is 13.2 Å². The molecule has 4 unspecified atom stereocenters. The molecule has 20 heavy (non-hydrogen) atoms. The molecule has 2 aliphatic heterocycles. The molecule has 0 aromatic carbocycles. The molecule has 1 saturated carbocycles. The zero-order valence-corrected chi connectivity index (χ0v) is 13.0. The standard InChI is InChI=1S/C16H31N3O/c1-2-13-3-4-15(17)16(11-13)19-6-5-14(12-19)18-7-9-20-10-8-18/h13-16H,2-12,17H2,1H3. The zero-order chi connectivity index (χ0) is 13.9. The normalized spacial score (nSPS) is 41.1. The first-order valence-electron chi connectivity index (χ1n) is 8.59. The Morgan fingerprint density at radius 2 is 1.85 bits per heavy atom. The second-order valence-electron chi connectivity index (χ2n) is 6.90. The third-order valence-electron chi connectivity index (χ3n) is 5.78. The van der Waals surface area contributed by atoms with E-state index in [0.717, 1.165) is 38.3 Å². The molecule has 4 nitrogen and oxygen atoms in total. The fourth-order valence-corrected chi connectivity index (χ4v) is 4.36. The van der Waals surface area contributed by atoms with Gasteiger partial charge in [-0.2, -0.15) is 0 Å². The zero-order valence-electron chi connectivity index (χ0n) is 13.0. The smallest absolute Gasteiger partial charge is 0.0594 e. The largest absolute Gasteiger partial charge is 0.379 e. The van der Waals surface area contributed by atoms with Crippen LogP contribution in [0.1, 0.15) is 39.0 Å². The topological polar surface area (TPSA) is 41.7 Å². The highest BCUT2D eigenvalue weighted by molar-refractivity contribution is 4.94. The van der Waals surface area contributed by atoms with Crippen LogP contribution in [0.15, 0.2) is 0 Å². The number of nitrogens with zero attached hydrogens (tertiary/aromatic N) is 2. The molecule has 3 aliphatic rings. The van der Waals surface area contributed by atoms with E-state index >= 15 is 0 Å². The third kappa shape index (κ3) is 3.19. The molecule has 2 heterocycles. The summed E-state index contributed by atoms with van der Waals surface area (Å²) in [5.74, 6) is 0.905. The number of hydrogen-bond donors (Lipinski definition) is 1. The van der Waals surface area contributed by atoms with Gasteiger partial charge < -0.3 is 10.5 Å². The summed E-state index contributed by atoms with van der Waals surface area (Å²) in [6, 6.07) is 1.79. The van der Waals surface area contributed by atoms with Crippen LogP contribution in [0.2, 0.25) is 0 Å². The lowest BCUT2D eigenvalue weighted by atomic mass is 9.81. The summed E-state index contributed by atoms with van der Waals surface area (Å²) in [7, 11) is 0. The predicted molar refractivity (Wildman–Crippen MR) is 81.8 cm³/mol. The average molecular weight is 281 g/mol. The van der Waals surface area contributed by atoms with E-state index in [1.54, 1.807) is 0 Å². The van der Waals surface area contributed by atoms with Gasteiger partial charge in [0.25, 0.3) is 0 Å². The number of ether oxygens (including phenoxy) is 1. The quantitative estimate of drug-likeness (QED) is 0.847. The fourth-order valence-electron chi connectivity index (χ4n) is 4.36. The van der Waals surface area contributed by atoms with Crippen LogP contribution < -0.4 is 5.73 Å². The van der Waals surface area contributed by atoms with Crippen LogP contribution in [0.4, 0.5) is 0 Å². The summed E-state index contributed by atoms with van der Waals surface area (Å²) in [5.41, 5.74) is 6.42. The summed E-state index contributed by atoms with van der Waals surface area (Å²) < 4.78 is 5.47. The molecule has 0 aromatic rings. The van der Waals surface area contributed by atoms with Gasteiger partial charge in [-0.3, -0.25) is 9.80 Å². The van der Waals surface area contributed by atoms with E-state index in [1.165, 1.54) is 45.2 Å². The van der Waals surface area contributed by atoms with E-state index in [2.05, 4.69) is 16.7 Å². The SMILES string of the molecule is CCC1CCC(N)C(N2CCC(N3CCOCC3)C2)C1. The van der Waals surface area contributed by atoms with E-state index in [-0.39, 0.29) is 0 Å². The van der Waals surface area contributed by atoms with Gasteiger partial charge in [0.1, 0.15) is 0 Å². The van der Waals surface area contributed by atoms with E-state index in [4.69, 9.17) is 10.5 Å². The van der Waals surface area contributed by atoms with Crippen molar-refractivity contribution < 1.29 is 4.74 Å². The van der Waals surface area contributed by atoms with Gasteiger partial charge in [0, 0.05) is 44.3 Å². The van der Waals surface area contributed by atoms with E-state index < -0.39 is 0 Å². The molecule has 2 N–H and O–H groups in total. The van der Waals surface area contributed by atoms with Gasteiger partial charge in [-0.05, 0) is 31.6 Å². The fraction of sp³-hybridized carbons (Fsp3) is 1.00. The Morgan fingerprint density at radius 3 is 2.60 bits per heavy atom. The molecule has 3 fully saturated rings. The van der Waals surface area contributed by atoms with Crippen molar-refractivity contribution in [3.05, 3.63) is 0 Å². The van der Waals surface area contributed by atoms with Crippen LogP contribution in [0.3, 0.4) is 0 Å². The molecule has 0 bridgehead atoms. The van der Waals surface area contributed by atoms with E-state index in [9.17, 15) is 0 Å². The molecule has 3 rings (SSSR count). The highest BCUT2D eigenvalue weighted by Crippen LogP contribution is 2.31.